The van der Waals surface area contributed by atoms with Crippen LogP contribution in [0, 0.1) is 0 Å². The fourth-order valence-electron chi connectivity index (χ4n) is 1.34. The van der Waals surface area contributed by atoms with Gasteiger partial charge >= 0.3 is 0 Å². The first-order chi connectivity index (χ1) is 7.78. The number of rotatable bonds is 3. The molecule has 0 unspecified atom stereocenters. The van der Waals surface area contributed by atoms with Crippen molar-refractivity contribution in [1.29, 1.82) is 0 Å². The Morgan fingerprint density at radius 1 is 1.38 bits per heavy atom. The van der Waals surface area contributed by atoms with Gasteiger partial charge in [-0.1, -0.05) is 12.1 Å². The van der Waals surface area contributed by atoms with Gasteiger partial charge in [0.1, 0.15) is 0 Å². The minimum atomic E-state index is 0.611. The molecule has 0 amide bonds. The molecule has 0 spiro atoms. The van der Waals surface area contributed by atoms with Crippen LogP contribution in [0.3, 0.4) is 0 Å². The molecule has 0 fully saturated rings. The smallest absolute Gasteiger partial charge is 0.240 e. The molecule has 0 atom stereocenters. The van der Waals surface area contributed by atoms with E-state index in [1.54, 1.807) is 18.3 Å². The first-order valence-electron chi connectivity index (χ1n) is 4.63. The van der Waals surface area contributed by atoms with Gasteiger partial charge in [-0.2, -0.15) is 10.1 Å². The van der Waals surface area contributed by atoms with E-state index in [9.17, 15) is 4.79 Å². The highest BCUT2D eigenvalue weighted by Crippen LogP contribution is 2.13. The maximum Gasteiger partial charge on any atom is 0.240 e. The Balaban J connectivity index is 2.13. The van der Waals surface area contributed by atoms with Crippen LogP contribution in [0.1, 0.15) is 5.56 Å². The number of aliphatic imine (C=N–C) groups is 1. The summed E-state index contributed by atoms with van der Waals surface area (Å²) in [6, 6.07) is 7.37. The standard InChI is InChI=1S/C11H8BrN3O/c12-10-5-14-15(7-10)6-9-1-3-11(4-2-9)13-8-16/h1-5,7H,6H2. The third-order valence-electron chi connectivity index (χ3n) is 2.06. The summed E-state index contributed by atoms with van der Waals surface area (Å²) in [5.74, 6) is 0. The molecule has 0 aliphatic rings. The van der Waals surface area contributed by atoms with Gasteiger partial charge in [-0.3, -0.25) is 4.68 Å². The predicted molar refractivity (Wildman–Crippen MR) is 63.3 cm³/mol. The van der Waals surface area contributed by atoms with E-state index < -0.39 is 0 Å². The fourth-order valence-corrected chi connectivity index (χ4v) is 1.67. The highest BCUT2D eigenvalue weighted by molar-refractivity contribution is 9.10. The number of benzene rings is 1. The van der Waals surface area contributed by atoms with E-state index in [1.807, 2.05) is 23.0 Å². The summed E-state index contributed by atoms with van der Waals surface area (Å²) in [6.45, 7) is 0.691. The Labute approximate surface area is 101 Å². The number of carbonyl (C=O) groups excluding carboxylic acids is 1. The zero-order valence-corrected chi connectivity index (χ0v) is 9.89. The van der Waals surface area contributed by atoms with E-state index in [4.69, 9.17) is 0 Å². The Kier molecular flexibility index (Phi) is 3.29. The van der Waals surface area contributed by atoms with E-state index in [0.29, 0.717) is 12.2 Å². The lowest BCUT2D eigenvalue weighted by Gasteiger charge is -2.01. The van der Waals surface area contributed by atoms with Crippen LogP contribution in [0.15, 0.2) is 46.1 Å². The van der Waals surface area contributed by atoms with Gasteiger partial charge in [-0.25, -0.2) is 4.79 Å². The lowest BCUT2D eigenvalue weighted by molar-refractivity contribution is 0.565. The summed E-state index contributed by atoms with van der Waals surface area (Å²) < 4.78 is 2.77. The molecule has 0 N–H and O–H groups in total. The van der Waals surface area contributed by atoms with Crippen molar-refractivity contribution in [3.8, 4) is 0 Å². The van der Waals surface area contributed by atoms with Gasteiger partial charge in [0.05, 0.1) is 22.9 Å². The van der Waals surface area contributed by atoms with Crippen molar-refractivity contribution in [3.05, 3.63) is 46.7 Å². The van der Waals surface area contributed by atoms with Crippen LogP contribution in [0.2, 0.25) is 0 Å². The molecule has 80 valence electrons. The average molecular weight is 278 g/mol. The van der Waals surface area contributed by atoms with Gasteiger partial charge in [-0.05, 0) is 33.6 Å². The third kappa shape index (κ3) is 2.66. The maximum absolute atomic E-state index is 10.0. The van der Waals surface area contributed by atoms with E-state index in [0.717, 1.165) is 10.0 Å². The molecule has 2 rings (SSSR count). The first-order valence-corrected chi connectivity index (χ1v) is 5.42. The molecule has 1 heterocycles. The van der Waals surface area contributed by atoms with Crippen molar-refractivity contribution in [2.24, 2.45) is 4.99 Å². The van der Waals surface area contributed by atoms with Crippen molar-refractivity contribution in [2.45, 2.75) is 6.54 Å². The largest absolute Gasteiger partial charge is 0.267 e. The number of halogens is 1. The van der Waals surface area contributed by atoms with Crippen molar-refractivity contribution in [1.82, 2.24) is 9.78 Å². The number of isocyanates is 1. The van der Waals surface area contributed by atoms with E-state index >= 15 is 0 Å². The van der Waals surface area contributed by atoms with E-state index in [-0.39, 0.29) is 0 Å². The number of hydrogen-bond donors (Lipinski definition) is 0. The van der Waals surface area contributed by atoms with Gasteiger partial charge in [0, 0.05) is 6.20 Å². The zero-order valence-electron chi connectivity index (χ0n) is 8.30. The molecule has 0 aliphatic carbocycles. The van der Waals surface area contributed by atoms with Crippen LogP contribution in [0.25, 0.3) is 0 Å². The number of nitrogens with zero attached hydrogens (tertiary/aromatic N) is 3. The summed E-state index contributed by atoms with van der Waals surface area (Å²) in [6.07, 6.45) is 5.15. The molecule has 0 bridgehead atoms. The molecule has 0 saturated heterocycles. The van der Waals surface area contributed by atoms with Crippen molar-refractivity contribution < 1.29 is 4.79 Å². The topological polar surface area (TPSA) is 47.2 Å². The minimum Gasteiger partial charge on any atom is -0.267 e. The predicted octanol–water partition coefficient (Wildman–Crippen LogP) is 2.66. The van der Waals surface area contributed by atoms with Crippen LogP contribution in [-0.2, 0) is 11.3 Å². The second kappa shape index (κ2) is 4.88. The molecular formula is C11H8BrN3O. The normalized spacial score (nSPS) is 9.81. The quantitative estimate of drug-likeness (QED) is 0.640. The van der Waals surface area contributed by atoms with E-state index in [1.165, 1.54) is 6.08 Å². The Morgan fingerprint density at radius 2 is 2.12 bits per heavy atom. The Bertz CT molecular complexity index is 526. The second-order valence-corrected chi connectivity index (χ2v) is 4.14. The average Bonchev–Trinajstić information content (AvgIpc) is 2.67. The van der Waals surface area contributed by atoms with Crippen molar-refractivity contribution >= 4 is 27.7 Å². The van der Waals surface area contributed by atoms with Crippen molar-refractivity contribution in [2.75, 3.05) is 0 Å². The third-order valence-corrected chi connectivity index (χ3v) is 2.47. The van der Waals surface area contributed by atoms with Crippen LogP contribution in [0.5, 0.6) is 0 Å². The molecule has 0 saturated carbocycles. The summed E-state index contributed by atoms with van der Waals surface area (Å²) in [4.78, 5) is 13.6. The number of hydrogen-bond acceptors (Lipinski definition) is 3. The summed E-state index contributed by atoms with van der Waals surface area (Å²) in [5.41, 5.74) is 1.71. The molecule has 2 aromatic rings. The van der Waals surface area contributed by atoms with E-state index in [2.05, 4.69) is 26.0 Å². The molecular weight excluding hydrogens is 270 g/mol. The Morgan fingerprint density at radius 3 is 2.69 bits per heavy atom. The molecule has 0 aliphatic heterocycles. The summed E-state index contributed by atoms with van der Waals surface area (Å²) in [7, 11) is 0. The van der Waals surface area contributed by atoms with Crippen LogP contribution in [-0.4, -0.2) is 15.9 Å². The number of aromatic nitrogens is 2. The summed E-state index contributed by atoms with van der Waals surface area (Å²) >= 11 is 3.34. The molecule has 1 aromatic carbocycles. The molecule has 5 heteroatoms. The monoisotopic (exact) mass is 277 g/mol. The highest BCUT2D eigenvalue weighted by Gasteiger charge is 1.97. The summed E-state index contributed by atoms with van der Waals surface area (Å²) in [5, 5.41) is 4.15. The van der Waals surface area contributed by atoms with Crippen LogP contribution >= 0.6 is 15.9 Å². The maximum atomic E-state index is 10.0. The van der Waals surface area contributed by atoms with Gasteiger partial charge < -0.3 is 0 Å². The van der Waals surface area contributed by atoms with Crippen LogP contribution in [0.4, 0.5) is 5.69 Å². The zero-order chi connectivity index (χ0) is 11.4. The molecule has 1 aromatic heterocycles. The van der Waals surface area contributed by atoms with Crippen LogP contribution < -0.4 is 0 Å². The van der Waals surface area contributed by atoms with Crippen molar-refractivity contribution in [3.63, 3.8) is 0 Å². The Hall–Kier alpha value is -1.71. The molecule has 0 radical (unpaired) electrons. The lowest BCUT2D eigenvalue weighted by Crippen LogP contribution is -1.99. The lowest BCUT2D eigenvalue weighted by atomic mass is 10.2. The molecule has 16 heavy (non-hydrogen) atoms. The van der Waals surface area contributed by atoms with Gasteiger partial charge in [0.25, 0.3) is 0 Å². The fraction of sp³-hybridized carbons (Fsp3) is 0.0909. The van der Waals surface area contributed by atoms with Gasteiger partial charge in [-0.15, -0.1) is 0 Å². The minimum absolute atomic E-state index is 0.611. The van der Waals surface area contributed by atoms with Gasteiger partial charge in [0.2, 0.25) is 6.08 Å². The molecule has 4 nitrogen and oxygen atoms in total. The highest BCUT2D eigenvalue weighted by atomic mass is 79.9. The first kappa shape index (κ1) is 10.8. The SMILES string of the molecule is O=C=Nc1ccc(Cn2cc(Br)cn2)cc1. The second-order valence-electron chi connectivity index (χ2n) is 3.23. The van der Waals surface area contributed by atoms with Gasteiger partial charge in [0.15, 0.2) is 0 Å².